The molecule has 1 aromatic heterocycles. The van der Waals surface area contributed by atoms with Crippen molar-refractivity contribution < 1.29 is 4.42 Å². The van der Waals surface area contributed by atoms with E-state index in [1.165, 1.54) is 62.1 Å². The number of nitrogens with zero attached hydrogens (tertiary/aromatic N) is 2. The van der Waals surface area contributed by atoms with Gasteiger partial charge in [-0.1, -0.05) is 43.2 Å². The first-order chi connectivity index (χ1) is 12.2. The van der Waals surface area contributed by atoms with Gasteiger partial charge in [-0.25, -0.2) is 0 Å². The minimum absolute atomic E-state index is 0. The molecule has 2 heterocycles. The van der Waals surface area contributed by atoms with E-state index in [2.05, 4.69) is 60.3 Å². The Morgan fingerprint density at radius 3 is 2.48 bits per heavy atom. The van der Waals surface area contributed by atoms with Crippen LogP contribution >= 0.6 is 24.8 Å². The third kappa shape index (κ3) is 7.87. The zero-order valence-electron chi connectivity index (χ0n) is 16.7. The van der Waals surface area contributed by atoms with Crippen LogP contribution in [0.15, 0.2) is 40.8 Å². The van der Waals surface area contributed by atoms with E-state index in [1.54, 1.807) is 0 Å². The Hall–Kier alpha value is -1.000. The van der Waals surface area contributed by atoms with E-state index in [4.69, 9.17) is 4.42 Å². The van der Waals surface area contributed by atoms with Crippen molar-refractivity contribution >= 4 is 24.8 Å². The standard InChI is InChI=1S/C22H32N2O.2ClH/c1-23(2)17-21-16-20-13-15-24(18-22(20)25-21)14-9-4-3-6-10-19-11-7-5-8-12-19;;/h5,7-8,11-12,16H,3-4,6,9-10,13-15,17-18H2,1-2H3;2*1H. The summed E-state index contributed by atoms with van der Waals surface area (Å²) in [4.78, 5) is 4.72. The van der Waals surface area contributed by atoms with Gasteiger partial charge < -0.3 is 9.32 Å². The van der Waals surface area contributed by atoms with Crippen LogP contribution in [0.4, 0.5) is 0 Å². The highest BCUT2D eigenvalue weighted by Gasteiger charge is 2.20. The molecule has 0 fully saturated rings. The lowest BCUT2D eigenvalue weighted by molar-refractivity contribution is 0.219. The summed E-state index contributed by atoms with van der Waals surface area (Å²) in [6, 6.07) is 13.1. The largest absolute Gasteiger partial charge is 0.463 e. The topological polar surface area (TPSA) is 19.6 Å². The molecule has 1 aromatic carbocycles. The molecule has 27 heavy (non-hydrogen) atoms. The molecule has 0 amide bonds. The molecular weight excluding hydrogens is 379 g/mol. The van der Waals surface area contributed by atoms with Crippen LogP contribution in [-0.2, 0) is 25.9 Å². The van der Waals surface area contributed by atoms with Crippen molar-refractivity contribution in [3.05, 3.63) is 59.0 Å². The number of aryl methyl sites for hydroxylation is 1. The second-order valence-electron chi connectivity index (χ2n) is 7.57. The summed E-state index contributed by atoms with van der Waals surface area (Å²) in [5, 5.41) is 0. The molecule has 0 saturated carbocycles. The first-order valence-corrected chi connectivity index (χ1v) is 9.72. The highest BCUT2D eigenvalue weighted by atomic mass is 35.5. The normalized spacial score (nSPS) is 13.7. The number of rotatable bonds is 9. The van der Waals surface area contributed by atoms with Gasteiger partial charge in [0.05, 0.1) is 13.1 Å². The van der Waals surface area contributed by atoms with E-state index in [1.807, 2.05) is 0 Å². The van der Waals surface area contributed by atoms with Crippen LogP contribution in [0.5, 0.6) is 0 Å². The zero-order valence-corrected chi connectivity index (χ0v) is 18.3. The molecule has 0 atom stereocenters. The van der Waals surface area contributed by atoms with Crippen LogP contribution in [0.1, 0.15) is 48.3 Å². The molecule has 0 saturated heterocycles. The summed E-state index contributed by atoms with van der Waals surface area (Å²) in [5.74, 6) is 2.31. The molecule has 3 nitrogen and oxygen atoms in total. The molecule has 5 heteroatoms. The minimum atomic E-state index is 0. The highest BCUT2D eigenvalue weighted by molar-refractivity contribution is 5.85. The van der Waals surface area contributed by atoms with Crippen LogP contribution < -0.4 is 0 Å². The van der Waals surface area contributed by atoms with Crippen molar-refractivity contribution in [1.82, 2.24) is 9.80 Å². The van der Waals surface area contributed by atoms with Crippen molar-refractivity contribution in [2.24, 2.45) is 0 Å². The summed E-state index contributed by atoms with van der Waals surface area (Å²) in [7, 11) is 4.18. The number of furan rings is 1. The molecule has 1 aliphatic heterocycles. The number of halogens is 2. The van der Waals surface area contributed by atoms with Crippen molar-refractivity contribution in [3.63, 3.8) is 0 Å². The fourth-order valence-corrected chi connectivity index (χ4v) is 3.68. The van der Waals surface area contributed by atoms with Gasteiger partial charge in [-0.3, -0.25) is 4.90 Å². The van der Waals surface area contributed by atoms with Gasteiger partial charge in [0.1, 0.15) is 11.5 Å². The average molecular weight is 413 g/mol. The maximum atomic E-state index is 6.06. The Morgan fingerprint density at radius 2 is 1.74 bits per heavy atom. The van der Waals surface area contributed by atoms with Crippen molar-refractivity contribution in [2.75, 3.05) is 27.2 Å². The van der Waals surface area contributed by atoms with Gasteiger partial charge in [-0.2, -0.15) is 0 Å². The second-order valence-corrected chi connectivity index (χ2v) is 7.57. The van der Waals surface area contributed by atoms with Crippen molar-refractivity contribution in [1.29, 1.82) is 0 Å². The van der Waals surface area contributed by atoms with Gasteiger partial charge in [0.15, 0.2) is 0 Å². The molecule has 2 aromatic rings. The summed E-state index contributed by atoms with van der Waals surface area (Å²) >= 11 is 0. The lowest BCUT2D eigenvalue weighted by atomic mass is 10.1. The number of benzene rings is 1. The van der Waals surface area contributed by atoms with Gasteiger partial charge >= 0.3 is 0 Å². The van der Waals surface area contributed by atoms with E-state index in [0.717, 1.165) is 25.3 Å². The fraction of sp³-hybridized carbons (Fsp3) is 0.545. The molecule has 0 aliphatic carbocycles. The monoisotopic (exact) mass is 412 g/mol. The van der Waals surface area contributed by atoms with Gasteiger partial charge in [-0.15, -0.1) is 24.8 Å². The fourth-order valence-electron chi connectivity index (χ4n) is 3.68. The Labute approximate surface area is 176 Å². The third-order valence-corrected chi connectivity index (χ3v) is 5.02. The maximum Gasteiger partial charge on any atom is 0.121 e. The number of hydrogen-bond acceptors (Lipinski definition) is 3. The lowest BCUT2D eigenvalue weighted by Crippen LogP contribution is -2.30. The van der Waals surface area contributed by atoms with Gasteiger partial charge in [0, 0.05) is 6.54 Å². The first-order valence-electron chi connectivity index (χ1n) is 9.72. The van der Waals surface area contributed by atoms with Crippen LogP contribution in [0.3, 0.4) is 0 Å². The van der Waals surface area contributed by atoms with Gasteiger partial charge in [0.2, 0.25) is 0 Å². The zero-order chi connectivity index (χ0) is 17.5. The molecule has 0 unspecified atom stereocenters. The number of hydrogen-bond donors (Lipinski definition) is 0. The summed E-state index contributed by atoms with van der Waals surface area (Å²) < 4.78 is 6.06. The van der Waals surface area contributed by atoms with Crippen molar-refractivity contribution in [2.45, 2.75) is 51.6 Å². The van der Waals surface area contributed by atoms with E-state index >= 15 is 0 Å². The van der Waals surface area contributed by atoms with E-state index < -0.39 is 0 Å². The first kappa shape index (κ1) is 24.0. The summed E-state index contributed by atoms with van der Waals surface area (Å²) in [6.45, 7) is 4.27. The summed E-state index contributed by atoms with van der Waals surface area (Å²) in [6.07, 6.45) is 7.63. The van der Waals surface area contributed by atoms with E-state index in [9.17, 15) is 0 Å². The van der Waals surface area contributed by atoms with Crippen LogP contribution in [0, 0.1) is 0 Å². The lowest BCUT2D eigenvalue weighted by Gasteiger charge is -2.25. The third-order valence-electron chi connectivity index (χ3n) is 5.02. The second kappa shape index (κ2) is 12.5. The molecular formula is C22H34Cl2N2O. The predicted molar refractivity (Wildman–Crippen MR) is 118 cm³/mol. The number of unbranched alkanes of at least 4 members (excludes halogenated alkanes) is 3. The predicted octanol–water partition coefficient (Wildman–Crippen LogP) is 5.35. The molecule has 0 radical (unpaired) electrons. The Bertz CT molecular complexity index is 643. The smallest absolute Gasteiger partial charge is 0.121 e. The van der Waals surface area contributed by atoms with E-state index in [0.29, 0.717) is 0 Å². The quantitative estimate of drug-likeness (QED) is 0.517. The van der Waals surface area contributed by atoms with Crippen molar-refractivity contribution in [3.8, 4) is 0 Å². The minimum Gasteiger partial charge on any atom is -0.463 e. The molecule has 152 valence electrons. The van der Waals surface area contributed by atoms with Gasteiger partial charge in [-0.05, 0) is 63.5 Å². The number of fused-ring (bicyclic) bond motifs is 1. The molecule has 0 spiro atoms. The van der Waals surface area contributed by atoms with Gasteiger partial charge in [0.25, 0.3) is 0 Å². The average Bonchev–Trinajstić information content (AvgIpc) is 2.99. The molecule has 1 aliphatic rings. The SMILES string of the molecule is CN(C)Cc1cc2c(o1)CN(CCCCCCc1ccccc1)CC2.Cl.Cl. The van der Waals surface area contributed by atoms with Crippen LogP contribution in [0.25, 0.3) is 0 Å². The Kier molecular flexibility index (Phi) is 11.1. The van der Waals surface area contributed by atoms with Crippen LogP contribution in [-0.4, -0.2) is 37.0 Å². The maximum absolute atomic E-state index is 6.06. The van der Waals surface area contributed by atoms with Crippen LogP contribution in [0.2, 0.25) is 0 Å². The molecule has 0 N–H and O–H groups in total. The Balaban J connectivity index is 0.00000182. The highest BCUT2D eigenvalue weighted by Crippen LogP contribution is 2.24. The molecule has 0 bridgehead atoms. The summed E-state index contributed by atoms with van der Waals surface area (Å²) in [5.41, 5.74) is 2.90. The molecule has 3 rings (SSSR count). The van der Waals surface area contributed by atoms with E-state index in [-0.39, 0.29) is 24.8 Å². The Morgan fingerprint density at radius 1 is 1.00 bits per heavy atom.